The minimum absolute atomic E-state index is 0.0466. The zero-order valence-corrected chi connectivity index (χ0v) is 16.2. The van der Waals surface area contributed by atoms with Crippen molar-refractivity contribution in [3.8, 4) is 11.5 Å². The smallest absolute Gasteiger partial charge is 0.261 e. The molecule has 1 N–H and O–H groups in total. The number of fused-ring (bicyclic) bond motifs is 1. The number of aryl methyl sites for hydroxylation is 1. The fourth-order valence-electron chi connectivity index (χ4n) is 4.14. The molecule has 0 aliphatic carbocycles. The zero-order valence-electron chi connectivity index (χ0n) is 15.4. The maximum Gasteiger partial charge on any atom is 0.261 e. The molecule has 0 fully saturated rings. The largest absolute Gasteiger partial charge is 0.486 e. The van der Waals surface area contributed by atoms with Gasteiger partial charge in [-0.2, -0.15) is 0 Å². The first-order chi connectivity index (χ1) is 13.4. The van der Waals surface area contributed by atoms with Gasteiger partial charge in [0.05, 0.1) is 22.2 Å². The number of rotatable bonds is 3. The molecule has 7 nitrogen and oxygen atoms in total. The lowest BCUT2D eigenvalue weighted by Gasteiger charge is -2.26. The number of nitrogens with one attached hydrogen (secondary N) is 1. The van der Waals surface area contributed by atoms with E-state index >= 15 is 0 Å². The molecule has 1 amide bonds. The van der Waals surface area contributed by atoms with Gasteiger partial charge in [0, 0.05) is 12.6 Å². The van der Waals surface area contributed by atoms with Crippen molar-refractivity contribution in [1.29, 1.82) is 0 Å². The highest BCUT2D eigenvalue weighted by Crippen LogP contribution is 2.44. The Bertz CT molecular complexity index is 1100. The summed E-state index contributed by atoms with van der Waals surface area (Å²) in [5.41, 5.74) is 3.03. The molecule has 0 aromatic heterocycles. The predicted molar refractivity (Wildman–Crippen MR) is 104 cm³/mol. The first-order valence-electron chi connectivity index (χ1n) is 9.35. The fourth-order valence-corrected chi connectivity index (χ4v) is 5.28. The van der Waals surface area contributed by atoms with E-state index in [9.17, 15) is 13.2 Å². The molecular weight excluding hydrogens is 380 g/mol. The van der Waals surface area contributed by atoms with Gasteiger partial charge in [-0.3, -0.25) is 9.52 Å². The van der Waals surface area contributed by atoms with Gasteiger partial charge in [-0.05, 0) is 55.2 Å². The van der Waals surface area contributed by atoms with Gasteiger partial charge in [0.25, 0.3) is 10.0 Å². The second kappa shape index (κ2) is 6.13. The molecule has 3 aliphatic rings. The van der Waals surface area contributed by atoms with Crippen LogP contribution < -0.4 is 19.1 Å². The van der Waals surface area contributed by atoms with Crippen LogP contribution >= 0.6 is 0 Å². The van der Waals surface area contributed by atoms with Crippen LogP contribution in [0.4, 0.5) is 11.4 Å². The molecular formula is C20H20N2O5S. The molecule has 0 radical (unpaired) electrons. The van der Waals surface area contributed by atoms with Gasteiger partial charge in [0.15, 0.2) is 11.5 Å². The maximum atomic E-state index is 13.0. The van der Waals surface area contributed by atoms with E-state index in [-0.39, 0.29) is 16.7 Å². The molecule has 5 rings (SSSR count). The molecule has 28 heavy (non-hydrogen) atoms. The molecule has 146 valence electrons. The number of hydrogen-bond donors (Lipinski definition) is 1. The Kier molecular flexibility index (Phi) is 3.80. The Morgan fingerprint density at radius 1 is 1.11 bits per heavy atom. The van der Waals surface area contributed by atoms with Gasteiger partial charge in [-0.15, -0.1) is 0 Å². The van der Waals surface area contributed by atoms with E-state index in [0.717, 1.165) is 29.7 Å². The van der Waals surface area contributed by atoms with E-state index in [1.807, 2.05) is 6.92 Å². The van der Waals surface area contributed by atoms with Crippen molar-refractivity contribution in [3.05, 3.63) is 41.5 Å². The summed E-state index contributed by atoms with van der Waals surface area (Å²) in [5, 5.41) is 0. The predicted octanol–water partition coefficient (Wildman–Crippen LogP) is 2.65. The second-order valence-corrected chi connectivity index (χ2v) is 8.98. The van der Waals surface area contributed by atoms with Crippen molar-refractivity contribution < 1.29 is 22.7 Å². The van der Waals surface area contributed by atoms with Crippen molar-refractivity contribution in [2.45, 2.75) is 30.6 Å². The molecule has 3 aliphatic heterocycles. The monoisotopic (exact) mass is 400 g/mol. The van der Waals surface area contributed by atoms with Crippen molar-refractivity contribution in [2.75, 3.05) is 29.4 Å². The van der Waals surface area contributed by atoms with Crippen LogP contribution in [0.1, 0.15) is 30.4 Å². The van der Waals surface area contributed by atoms with Crippen LogP contribution in [0.2, 0.25) is 0 Å². The summed E-state index contributed by atoms with van der Waals surface area (Å²) in [6, 6.07) is 8.29. The normalized spacial score (nSPS) is 20.1. The number of nitrogens with zero attached hydrogens (tertiary/aromatic N) is 1. The van der Waals surface area contributed by atoms with Crippen LogP contribution in [0.15, 0.2) is 35.2 Å². The highest BCUT2D eigenvalue weighted by Gasteiger charge is 2.38. The first-order valence-corrected chi connectivity index (χ1v) is 10.8. The van der Waals surface area contributed by atoms with Crippen LogP contribution in [-0.4, -0.2) is 34.1 Å². The summed E-state index contributed by atoms with van der Waals surface area (Å²) >= 11 is 0. The number of ether oxygens (including phenoxy) is 2. The Morgan fingerprint density at radius 2 is 1.89 bits per heavy atom. The van der Waals surface area contributed by atoms with Crippen LogP contribution in [0.25, 0.3) is 0 Å². The van der Waals surface area contributed by atoms with Crippen LogP contribution in [0, 0.1) is 0 Å². The molecule has 0 saturated carbocycles. The summed E-state index contributed by atoms with van der Waals surface area (Å²) < 4.78 is 39.7. The highest BCUT2D eigenvalue weighted by atomic mass is 32.2. The molecule has 2 aromatic rings. The van der Waals surface area contributed by atoms with Gasteiger partial charge in [-0.1, -0.05) is 0 Å². The Balaban J connectivity index is 1.52. The van der Waals surface area contributed by atoms with E-state index in [2.05, 4.69) is 4.72 Å². The number of benzene rings is 2. The SMILES string of the molecule is CC1C(=O)N2CCCc3cc(S(=O)(=O)Nc4ccc5c(c4)OCCO5)cc1c32. The van der Waals surface area contributed by atoms with Crippen molar-refractivity contribution in [3.63, 3.8) is 0 Å². The molecule has 0 spiro atoms. The second-order valence-electron chi connectivity index (χ2n) is 7.30. The van der Waals surface area contributed by atoms with E-state index in [1.54, 1.807) is 35.2 Å². The zero-order chi connectivity index (χ0) is 19.5. The average Bonchev–Trinajstić information content (AvgIpc) is 2.94. The molecule has 0 saturated heterocycles. The van der Waals surface area contributed by atoms with Crippen molar-refractivity contribution in [1.82, 2.24) is 0 Å². The lowest BCUT2D eigenvalue weighted by atomic mass is 9.97. The van der Waals surface area contributed by atoms with Crippen LogP contribution in [0.5, 0.6) is 11.5 Å². The first kappa shape index (κ1) is 17.4. The lowest BCUT2D eigenvalue weighted by molar-refractivity contribution is -0.119. The van der Waals surface area contributed by atoms with Crippen LogP contribution in [0.3, 0.4) is 0 Å². The molecule has 1 atom stereocenters. The number of carbonyl (C=O) groups excluding carboxylic acids is 1. The summed E-state index contributed by atoms with van der Waals surface area (Å²) in [6.45, 7) is 3.44. The van der Waals surface area contributed by atoms with E-state index in [0.29, 0.717) is 36.9 Å². The number of amides is 1. The fraction of sp³-hybridized carbons (Fsp3) is 0.350. The third-order valence-electron chi connectivity index (χ3n) is 5.50. The molecule has 2 aromatic carbocycles. The standard InChI is InChI=1S/C20H20N2O5S/c1-12-16-11-15(9-13-3-2-6-22(19(13)16)20(12)23)28(24,25)21-14-4-5-17-18(10-14)27-8-7-26-17/h4-5,9-12,21H,2-3,6-8H2,1H3. The average molecular weight is 400 g/mol. The van der Waals surface area contributed by atoms with Gasteiger partial charge in [0.1, 0.15) is 13.2 Å². The molecule has 1 unspecified atom stereocenters. The third-order valence-corrected chi connectivity index (χ3v) is 6.86. The summed E-state index contributed by atoms with van der Waals surface area (Å²) in [5.74, 6) is 0.843. The van der Waals surface area contributed by atoms with E-state index in [4.69, 9.17) is 9.47 Å². The van der Waals surface area contributed by atoms with Gasteiger partial charge in [0.2, 0.25) is 5.91 Å². The molecule has 8 heteroatoms. The Morgan fingerprint density at radius 3 is 2.71 bits per heavy atom. The van der Waals surface area contributed by atoms with Crippen molar-refractivity contribution >= 4 is 27.3 Å². The minimum Gasteiger partial charge on any atom is -0.486 e. The van der Waals surface area contributed by atoms with Crippen molar-refractivity contribution in [2.24, 2.45) is 0 Å². The Hall–Kier alpha value is -2.74. The van der Waals surface area contributed by atoms with E-state index < -0.39 is 10.0 Å². The summed E-state index contributed by atoms with van der Waals surface area (Å²) in [4.78, 5) is 14.5. The third kappa shape index (κ3) is 2.63. The summed E-state index contributed by atoms with van der Waals surface area (Å²) in [7, 11) is -3.80. The number of carbonyl (C=O) groups is 1. The lowest BCUT2D eigenvalue weighted by Crippen LogP contribution is -2.32. The van der Waals surface area contributed by atoms with Gasteiger partial charge >= 0.3 is 0 Å². The maximum absolute atomic E-state index is 13.0. The minimum atomic E-state index is -3.80. The van der Waals surface area contributed by atoms with Gasteiger partial charge in [-0.25, -0.2) is 8.42 Å². The number of sulfonamides is 1. The topological polar surface area (TPSA) is 84.9 Å². The van der Waals surface area contributed by atoms with E-state index in [1.165, 1.54) is 0 Å². The Labute approximate surface area is 163 Å². The number of anilines is 2. The number of hydrogen-bond acceptors (Lipinski definition) is 5. The quantitative estimate of drug-likeness (QED) is 0.856. The molecule has 0 bridgehead atoms. The highest BCUT2D eigenvalue weighted by molar-refractivity contribution is 7.92. The van der Waals surface area contributed by atoms with Gasteiger partial charge < -0.3 is 14.4 Å². The molecule has 3 heterocycles. The summed E-state index contributed by atoms with van der Waals surface area (Å²) in [6.07, 6.45) is 1.61. The van der Waals surface area contributed by atoms with Crippen LogP contribution in [-0.2, 0) is 21.2 Å².